The molecule has 144 valence electrons. The quantitative estimate of drug-likeness (QED) is 0.600. The van der Waals surface area contributed by atoms with E-state index in [1.165, 1.54) is 16.9 Å². The molecule has 2 aromatic carbocycles. The fraction of sp³-hybridized carbons (Fsp3) is 0.217. The second-order valence-electron chi connectivity index (χ2n) is 6.93. The Morgan fingerprint density at radius 2 is 1.61 bits per heavy atom. The maximum absolute atomic E-state index is 12.9. The third-order valence-electron chi connectivity index (χ3n) is 4.46. The van der Waals surface area contributed by atoms with Gasteiger partial charge < -0.3 is 10.6 Å². The van der Waals surface area contributed by atoms with Crippen molar-refractivity contribution in [1.29, 1.82) is 0 Å². The van der Waals surface area contributed by atoms with Crippen molar-refractivity contribution in [3.05, 3.63) is 88.1 Å². The van der Waals surface area contributed by atoms with E-state index in [-0.39, 0.29) is 18.2 Å². The minimum atomic E-state index is -0.751. The second kappa shape index (κ2) is 9.33. The molecule has 3 rings (SSSR count). The van der Waals surface area contributed by atoms with Gasteiger partial charge in [0, 0.05) is 10.6 Å². The molecule has 0 aliphatic rings. The largest absolute Gasteiger partial charge is 0.340 e. The SMILES string of the molecule is CC(C)c1ccc(NC(=O)[C@@H](NC(=O)Cc2cccs2)c2ccccc2)cc1. The van der Waals surface area contributed by atoms with Crippen molar-refractivity contribution in [2.75, 3.05) is 5.32 Å². The molecule has 0 aliphatic heterocycles. The van der Waals surface area contributed by atoms with Gasteiger partial charge in [-0.15, -0.1) is 11.3 Å². The Hall–Kier alpha value is -2.92. The van der Waals surface area contributed by atoms with E-state index in [1.54, 1.807) is 0 Å². The van der Waals surface area contributed by atoms with Crippen molar-refractivity contribution in [2.45, 2.75) is 32.2 Å². The highest BCUT2D eigenvalue weighted by atomic mass is 32.1. The van der Waals surface area contributed by atoms with Gasteiger partial charge in [0.2, 0.25) is 5.91 Å². The van der Waals surface area contributed by atoms with Crippen LogP contribution in [0.3, 0.4) is 0 Å². The number of nitrogens with one attached hydrogen (secondary N) is 2. The molecular formula is C23H24N2O2S. The predicted molar refractivity (Wildman–Crippen MR) is 115 cm³/mol. The maximum Gasteiger partial charge on any atom is 0.251 e. The van der Waals surface area contributed by atoms with Gasteiger partial charge in [-0.25, -0.2) is 0 Å². The average molecular weight is 393 g/mol. The van der Waals surface area contributed by atoms with Crippen LogP contribution >= 0.6 is 11.3 Å². The van der Waals surface area contributed by atoms with Crippen LogP contribution in [0, 0.1) is 0 Å². The summed E-state index contributed by atoms with van der Waals surface area (Å²) in [4.78, 5) is 26.4. The van der Waals surface area contributed by atoms with Crippen molar-refractivity contribution in [1.82, 2.24) is 5.32 Å². The Bertz CT molecular complexity index is 904. The summed E-state index contributed by atoms with van der Waals surface area (Å²) < 4.78 is 0. The third-order valence-corrected chi connectivity index (χ3v) is 5.34. The Balaban J connectivity index is 1.74. The first-order valence-electron chi connectivity index (χ1n) is 9.30. The van der Waals surface area contributed by atoms with Crippen molar-refractivity contribution in [2.24, 2.45) is 0 Å². The molecule has 0 saturated carbocycles. The van der Waals surface area contributed by atoms with Crippen LogP contribution < -0.4 is 10.6 Å². The molecule has 0 bridgehead atoms. The number of carbonyl (C=O) groups is 2. The summed E-state index contributed by atoms with van der Waals surface area (Å²) >= 11 is 1.53. The Morgan fingerprint density at radius 1 is 0.893 bits per heavy atom. The van der Waals surface area contributed by atoms with Crippen LogP contribution in [0.1, 0.15) is 41.8 Å². The number of carbonyl (C=O) groups excluding carboxylic acids is 2. The summed E-state index contributed by atoms with van der Waals surface area (Å²) in [5.74, 6) is -0.0111. The molecule has 2 N–H and O–H groups in total. The molecule has 0 unspecified atom stereocenters. The normalized spacial score (nSPS) is 11.8. The molecule has 0 saturated heterocycles. The number of anilines is 1. The third kappa shape index (κ3) is 5.30. The average Bonchev–Trinajstić information content (AvgIpc) is 3.20. The zero-order valence-electron chi connectivity index (χ0n) is 16.0. The van der Waals surface area contributed by atoms with E-state index in [0.29, 0.717) is 11.6 Å². The molecule has 5 heteroatoms. The van der Waals surface area contributed by atoms with Gasteiger partial charge in [-0.3, -0.25) is 9.59 Å². The first kappa shape index (κ1) is 19.8. The zero-order valence-corrected chi connectivity index (χ0v) is 16.8. The van der Waals surface area contributed by atoms with Crippen LogP contribution in [0.4, 0.5) is 5.69 Å². The van der Waals surface area contributed by atoms with Crippen molar-refractivity contribution >= 4 is 28.8 Å². The lowest BCUT2D eigenvalue weighted by Crippen LogP contribution is -2.37. The monoisotopic (exact) mass is 392 g/mol. The minimum absolute atomic E-state index is 0.179. The second-order valence-corrected chi connectivity index (χ2v) is 7.97. The lowest BCUT2D eigenvalue weighted by Gasteiger charge is -2.19. The molecule has 0 fully saturated rings. The summed E-state index contributed by atoms with van der Waals surface area (Å²) in [5.41, 5.74) is 2.67. The Labute approximate surface area is 169 Å². The molecule has 2 amide bonds. The van der Waals surface area contributed by atoms with Gasteiger partial charge >= 0.3 is 0 Å². The van der Waals surface area contributed by atoms with Gasteiger partial charge in [0.05, 0.1) is 6.42 Å². The van der Waals surface area contributed by atoms with E-state index in [0.717, 1.165) is 10.4 Å². The molecule has 0 aliphatic carbocycles. The Morgan fingerprint density at radius 3 is 2.21 bits per heavy atom. The molecule has 4 nitrogen and oxygen atoms in total. The lowest BCUT2D eigenvalue weighted by molar-refractivity contribution is -0.126. The molecule has 28 heavy (non-hydrogen) atoms. The van der Waals surface area contributed by atoms with Crippen molar-refractivity contribution < 1.29 is 9.59 Å². The topological polar surface area (TPSA) is 58.2 Å². The summed E-state index contributed by atoms with van der Waals surface area (Å²) in [7, 11) is 0. The summed E-state index contributed by atoms with van der Waals surface area (Å²) in [5, 5.41) is 7.73. The van der Waals surface area contributed by atoms with Gasteiger partial charge in [0.1, 0.15) is 6.04 Å². The predicted octanol–water partition coefficient (Wildman–Crippen LogP) is 4.91. The highest BCUT2D eigenvalue weighted by Gasteiger charge is 2.23. The first-order chi connectivity index (χ1) is 13.5. The lowest BCUT2D eigenvalue weighted by atomic mass is 10.0. The summed E-state index contributed by atoms with van der Waals surface area (Å²) in [6, 6.07) is 20.2. The number of hydrogen-bond acceptors (Lipinski definition) is 3. The van der Waals surface area contributed by atoms with E-state index in [4.69, 9.17) is 0 Å². The van der Waals surface area contributed by atoms with Gasteiger partial charge in [-0.05, 0) is 40.6 Å². The molecule has 0 radical (unpaired) electrons. The first-order valence-corrected chi connectivity index (χ1v) is 10.2. The molecule has 1 atom stereocenters. The van der Waals surface area contributed by atoms with Gasteiger partial charge in [-0.2, -0.15) is 0 Å². The van der Waals surface area contributed by atoms with Gasteiger partial charge in [-0.1, -0.05) is 62.4 Å². The van der Waals surface area contributed by atoms with Gasteiger partial charge in [0.25, 0.3) is 5.91 Å². The fourth-order valence-electron chi connectivity index (χ4n) is 2.89. The summed E-state index contributed by atoms with van der Waals surface area (Å²) in [6.07, 6.45) is 0.261. The van der Waals surface area contributed by atoms with Gasteiger partial charge in [0.15, 0.2) is 0 Å². The number of rotatable bonds is 7. The highest BCUT2D eigenvalue weighted by Crippen LogP contribution is 2.20. The summed E-state index contributed by atoms with van der Waals surface area (Å²) in [6.45, 7) is 4.25. The molecule has 0 spiro atoms. The number of thiophene rings is 1. The number of hydrogen-bond donors (Lipinski definition) is 2. The number of benzene rings is 2. The highest BCUT2D eigenvalue weighted by molar-refractivity contribution is 7.10. The smallest absolute Gasteiger partial charge is 0.251 e. The Kier molecular flexibility index (Phi) is 6.61. The van der Waals surface area contributed by atoms with Crippen LogP contribution in [-0.4, -0.2) is 11.8 Å². The molecular weight excluding hydrogens is 368 g/mol. The van der Waals surface area contributed by atoms with E-state index in [1.807, 2.05) is 72.1 Å². The van der Waals surface area contributed by atoms with Crippen molar-refractivity contribution in [3.63, 3.8) is 0 Å². The van der Waals surface area contributed by atoms with Crippen molar-refractivity contribution in [3.8, 4) is 0 Å². The molecule has 1 aromatic heterocycles. The van der Waals surface area contributed by atoms with E-state index >= 15 is 0 Å². The van der Waals surface area contributed by atoms with E-state index in [9.17, 15) is 9.59 Å². The van der Waals surface area contributed by atoms with Crippen LogP contribution in [0.5, 0.6) is 0 Å². The van der Waals surface area contributed by atoms with Crippen LogP contribution in [-0.2, 0) is 16.0 Å². The van der Waals surface area contributed by atoms with Crippen LogP contribution in [0.2, 0.25) is 0 Å². The minimum Gasteiger partial charge on any atom is -0.340 e. The van der Waals surface area contributed by atoms with Crippen LogP contribution in [0.15, 0.2) is 72.1 Å². The van der Waals surface area contributed by atoms with E-state index in [2.05, 4.69) is 24.5 Å². The fourth-order valence-corrected chi connectivity index (χ4v) is 3.60. The standard InChI is InChI=1S/C23H24N2O2S/c1-16(2)17-10-12-19(13-11-17)24-23(27)22(18-7-4-3-5-8-18)25-21(26)15-20-9-6-14-28-20/h3-14,16,22H,15H2,1-2H3,(H,24,27)(H,25,26)/t22-/m0/s1. The van der Waals surface area contributed by atoms with E-state index < -0.39 is 6.04 Å². The maximum atomic E-state index is 12.9. The van der Waals surface area contributed by atoms with Crippen LogP contribution in [0.25, 0.3) is 0 Å². The number of amides is 2. The molecule has 3 aromatic rings. The zero-order chi connectivity index (χ0) is 19.9. The molecule has 1 heterocycles.